The molecule has 0 bridgehead atoms. The fourth-order valence-corrected chi connectivity index (χ4v) is 5.20. The Morgan fingerprint density at radius 3 is 2.52 bits per heavy atom. The number of likely N-dealkylation sites (tertiary alicyclic amines) is 1. The molecule has 1 aromatic carbocycles. The van der Waals surface area contributed by atoms with E-state index in [1.165, 1.54) is 45.3 Å². The van der Waals surface area contributed by atoms with Gasteiger partial charge in [-0.15, -0.1) is 10.2 Å². The van der Waals surface area contributed by atoms with Crippen LogP contribution < -0.4 is 10.6 Å². The van der Waals surface area contributed by atoms with Crippen molar-refractivity contribution >= 4 is 27.9 Å². The first-order valence-electron chi connectivity index (χ1n) is 12.4. The predicted molar refractivity (Wildman–Crippen MR) is 139 cm³/mol. The smallest absolute Gasteiger partial charge is 0.156 e. The summed E-state index contributed by atoms with van der Waals surface area (Å²) in [6, 6.07) is 8.24. The quantitative estimate of drug-likeness (QED) is 0.485. The van der Waals surface area contributed by atoms with Crippen molar-refractivity contribution in [1.82, 2.24) is 20.4 Å². The molecule has 1 saturated carbocycles. The van der Waals surface area contributed by atoms with Crippen LogP contribution in [0.3, 0.4) is 0 Å². The van der Waals surface area contributed by atoms with Crippen molar-refractivity contribution in [3.8, 4) is 0 Å². The summed E-state index contributed by atoms with van der Waals surface area (Å²) in [6.07, 6.45) is 7.08. The number of benzene rings is 1. The van der Waals surface area contributed by atoms with Crippen LogP contribution >= 0.6 is 0 Å². The van der Waals surface area contributed by atoms with Gasteiger partial charge in [0.15, 0.2) is 5.82 Å². The molecule has 1 aromatic heterocycles. The molecule has 0 radical (unpaired) electrons. The van der Waals surface area contributed by atoms with Gasteiger partial charge in [-0.25, -0.2) is 0 Å². The lowest BCUT2D eigenvalue weighted by molar-refractivity contribution is 0.147. The third-order valence-corrected chi connectivity index (χ3v) is 7.54. The van der Waals surface area contributed by atoms with E-state index in [4.69, 9.17) is 5.41 Å². The van der Waals surface area contributed by atoms with E-state index in [0.717, 1.165) is 40.3 Å². The lowest BCUT2D eigenvalue weighted by Gasteiger charge is -2.34. The van der Waals surface area contributed by atoms with Crippen molar-refractivity contribution < 1.29 is 0 Å². The highest BCUT2D eigenvalue weighted by Gasteiger charge is 2.54. The van der Waals surface area contributed by atoms with Gasteiger partial charge in [0.2, 0.25) is 0 Å². The summed E-state index contributed by atoms with van der Waals surface area (Å²) in [5.74, 6) is 1.58. The van der Waals surface area contributed by atoms with Gasteiger partial charge in [-0.05, 0) is 69.0 Å². The van der Waals surface area contributed by atoms with E-state index in [1.807, 2.05) is 25.4 Å². The number of fused-ring (bicyclic) bond motifs is 1. The molecule has 4 rings (SSSR count). The van der Waals surface area contributed by atoms with Gasteiger partial charge in [0, 0.05) is 41.8 Å². The van der Waals surface area contributed by atoms with Crippen LogP contribution in [0.2, 0.25) is 0 Å². The zero-order valence-electron chi connectivity index (χ0n) is 21.0. The molecule has 33 heavy (non-hydrogen) atoms. The minimum atomic E-state index is 0.418. The fraction of sp³-hybridized carbons (Fsp3) is 0.593. The maximum atomic E-state index is 8.15. The molecule has 6 nitrogen and oxygen atoms in total. The van der Waals surface area contributed by atoms with Crippen molar-refractivity contribution in [2.45, 2.75) is 53.4 Å². The van der Waals surface area contributed by atoms with E-state index in [9.17, 15) is 0 Å². The molecule has 3 N–H and O–H groups in total. The molecule has 2 heterocycles. The molecular formula is C27H40N6. The van der Waals surface area contributed by atoms with Gasteiger partial charge in [-0.3, -0.25) is 0 Å². The zero-order valence-corrected chi connectivity index (χ0v) is 21.0. The molecule has 1 spiro atoms. The summed E-state index contributed by atoms with van der Waals surface area (Å²) in [5.41, 5.74) is 2.95. The summed E-state index contributed by atoms with van der Waals surface area (Å²) < 4.78 is 0. The Labute approximate surface area is 198 Å². The molecule has 0 amide bonds. The van der Waals surface area contributed by atoms with Crippen LogP contribution in [-0.4, -0.2) is 54.0 Å². The van der Waals surface area contributed by atoms with Crippen LogP contribution in [0.15, 0.2) is 30.5 Å². The number of anilines is 1. The third kappa shape index (κ3) is 5.37. The molecule has 1 aliphatic carbocycles. The van der Waals surface area contributed by atoms with Crippen LogP contribution in [-0.2, 0) is 0 Å². The Morgan fingerprint density at radius 2 is 1.88 bits per heavy atom. The standard InChI is InChI=1S/C27H40N6/c1-19(28)23(18-29-5)24-21-8-6-7-9-22(21)25(32-31-24)30-17-20-16-27(20)11-14-33(15-12-27)13-10-26(2,3)4/h6-9,18,20,28-29H,10-17H2,1-5H3,(H,30,32)/b23-18+,28-19?. The Kier molecular flexibility index (Phi) is 6.76. The van der Waals surface area contributed by atoms with E-state index in [-0.39, 0.29) is 0 Å². The van der Waals surface area contributed by atoms with Crippen LogP contribution in [0.5, 0.6) is 0 Å². The van der Waals surface area contributed by atoms with Crippen LogP contribution in [0.4, 0.5) is 5.82 Å². The lowest BCUT2D eigenvalue weighted by Crippen LogP contribution is -2.37. The largest absolute Gasteiger partial charge is 0.393 e. The highest BCUT2D eigenvalue weighted by molar-refractivity contribution is 6.23. The average molecular weight is 449 g/mol. The first kappa shape index (κ1) is 23.7. The maximum Gasteiger partial charge on any atom is 0.156 e. The number of rotatable bonds is 8. The Hall–Kier alpha value is -2.47. The fourth-order valence-electron chi connectivity index (χ4n) is 5.20. The van der Waals surface area contributed by atoms with E-state index in [1.54, 1.807) is 6.92 Å². The number of piperidine rings is 1. The molecule has 6 heteroatoms. The second-order valence-corrected chi connectivity index (χ2v) is 11.2. The number of allylic oxidation sites excluding steroid dienone is 1. The molecule has 2 aliphatic rings. The van der Waals surface area contributed by atoms with Crippen LogP contribution in [0, 0.1) is 22.2 Å². The molecular weight excluding hydrogens is 408 g/mol. The van der Waals surface area contributed by atoms with Crippen molar-refractivity contribution in [2.24, 2.45) is 16.7 Å². The first-order chi connectivity index (χ1) is 15.7. The lowest BCUT2D eigenvalue weighted by atomic mass is 9.88. The van der Waals surface area contributed by atoms with Gasteiger partial charge in [0.05, 0.1) is 0 Å². The van der Waals surface area contributed by atoms with Crippen molar-refractivity contribution in [3.05, 3.63) is 36.2 Å². The van der Waals surface area contributed by atoms with Crippen molar-refractivity contribution in [1.29, 1.82) is 5.41 Å². The summed E-state index contributed by atoms with van der Waals surface area (Å²) >= 11 is 0. The molecule has 1 atom stereocenters. The Morgan fingerprint density at radius 1 is 1.18 bits per heavy atom. The van der Waals surface area contributed by atoms with Crippen molar-refractivity contribution in [3.63, 3.8) is 0 Å². The first-order valence-corrected chi connectivity index (χ1v) is 12.4. The number of nitrogens with one attached hydrogen (secondary N) is 3. The van der Waals surface area contributed by atoms with Gasteiger partial charge >= 0.3 is 0 Å². The third-order valence-electron chi connectivity index (χ3n) is 7.54. The minimum absolute atomic E-state index is 0.418. The monoisotopic (exact) mass is 448 g/mol. The average Bonchev–Trinajstić information content (AvgIpc) is 3.46. The second-order valence-electron chi connectivity index (χ2n) is 11.2. The van der Waals surface area contributed by atoms with E-state index in [2.05, 4.69) is 58.6 Å². The van der Waals surface area contributed by atoms with Crippen molar-refractivity contribution in [2.75, 3.05) is 38.5 Å². The van der Waals surface area contributed by atoms with E-state index in [0.29, 0.717) is 16.5 Å². The summed E-state index contributed by atoms with van der Waals surface area (Å²) in [4.78, 5) is 2.67. The topological polar surface area (TPSA) is 76.9 Å². The summed E-state index contributed by atoms with van der Waals surface area (Å²) in [5, 5.41) is 26.0. The van der Waals surface area contributed by atoms with E-state index >= 15 is 0 Å². The molecule has 2 aromatic rings. The number of nitrogens with zero attached hydrogens (tertiary/aromatic N) is 3. The van der Waals surface area contributed by atoms with Gasteiger partial charge in [0.25, 0.3) is 0 Å². The number of hydrogen-bond acceptors (Lipinski definition) is 6. The van der Waals surface area contributed by atoms with Gasteiger partial charge in [0.1, 0.15) is 5.69 Å². The van der Waals surface area contributed by atoms with Gasteiger partial charge in [-0.2, -0.15) is 0 Å². The molecule has 1 aliphatic heterocycles. The van der Waals surface area contributed by atoms with Crippen LogP contribution in [0.1, 0.15) is 59.1 Å². The SMILES string of the molecule is CN/C=C(\C(C)=N)c1nnc(NCC2CC23CCN(CCC(C)(C)C)CC3)c2ccccc12. The van der Waals surface area contributed by atoms with Gasteiger partial charge in [-0.1, -0.05) is 45.0 Å². The summed E-state index contributed by atoms with van der Waals surface area (Å²) in [6.45, 7) is 13.5. The zero-order chi connectivity index (χ0) is 23.6. The van der Waals surface area contributed by atoms with E-state index < -0.39 is 0 Å². The maximum absolute atomic E-state index is 8.15. The normalized spacial score (nSPS) is 20.8. The number of hydrogen-bond donors (Lipinski definition) is 3. The summed E-state index contributed by atoms with van der Waals surface area (Å²) in [7, 11) is 1.84. The van der Waals surface area contributed by atoms with Gasteiger partial charge < -0.3 is 20.9 Å². The predicted octanol–water partition coefficient (Wildman–Crippen LogP) is 5.18. The highest BCUT2D eigenvalue weighted by atomic mass is 15.2. The number of aromatic nitrogens is 2. The molecule has 178 valence electrons. The molecule has 1 saturated heterocycles. The highest BCUT2D eigenvalue weighted by Crippen LogP contribution is 2.59. The Balaban J connectivity index is 1.40. The van der Waals surface area contributed by atoms with Crippen LogP contribution in [0.25, 0.3) is 16.3 Å². The molecule has 2 fully saturated rings. The second kappa shape index (κ2) is 9.41. The Bertz CT molecular complexity index is 1030. The minimum Gasteiger partial charge on any atom is -0.393 e. The molecule has 1 unspecified atom stereocenters.